The lowest BCUT2D eigenvalue weighted by atomic mass is 9.95. The number of aromatic nitrogens is 2. The van der Waals surface area contributed by atoms with E-state index in [2.05, 4.69) is 53.4 Å². The van der Waals surface area contributed by atoms with Gasteiger partial charge in [0.1, 0.15) is 31.0 Å². The predicted molar refractivity (Wildman–Crippen MR) is 259 cm³/mol. The Bertz CT molecular complexity index is 2610. The smallest absolute Gasteiger partial charge is 0.416 e. The number of amides is 4. The molecule has 3 aliphatic heterocycles. The van der Waals surface area contributed by atoms with E-state index in [1.807, 2.05) is 55.5 Å². The highest BCUT2D eigenvalue weighted by molar-refractivity contribution is 5.98. The molecule has 1 aliphatic carbocycles. The third-order valence-electron chi connectivity index (χ3n) is 13.8. The van der Waals surface area contributed by atoms with Crippen molar-refractivity contribution in [2.45, 2.75) is 83.3 Å². The highest BCUT2D eigenvalue weighted by atomic mass is 16.6. The number of nitrogens with one attached hydrogen (secondary N) is 4. The Morgan fingerprint density at radius 2 is 1.46 bits per heavy atom. The van der Waals surface area contributed by atoms with Crippen LogP contribution in [-0.2, 0) is 25.7 Å². The van der Waals surface area contributed by atoms with Gasteiger partial charge in [0.15, 0.2) is 5.82 Å². The zero-order valence-electron chi connectivity index (χ0n) is 38.9. The second kappa shape index (κ2) is 20.1. The van der Waals surface area contributed by atoms with Crippen LogP contribution in [0.1, 0.15) is 63.1 Å². The zero-order valence-corrected chi connectivity index (χ0v) is 38.9. The lowest BCUT2D eigenvalue weighted by Gasteiger charge is -2.52. The zero-order chi connectivity index (χ0) is 47.5. The molecule has 2 fully saturated rings. The van der Waals surface area contributed by atoms with Gasteiger partial charge in [-0.2, -0.15) is 0 Å². The van der Waals surface area contributed by atoms with E-state index in [0.717, 1.165) is 73.5 Å². The summed E-state index contributed by atoms with van der Waals surface area (Å²) in [4.78, 5) is 60.5. The van der Waals surface area contributed by atoms with Crippen molar-refractivity contribution in [2.75, 3.05) is 54.4 Å². The first-order valence-corrected chi connectivity index (χ1v) is 23.6. The fourth-order valence-corrected chi connectivity index (χ4v) is 10.1. The van der Waals surface area contributed by atoms with Gasteiger partial charge in [0.2, 0.25) is 11.8 Å². The fraction of sp³-hybridized carbons (Fsp3) is 0.385. The van der Waals surface area contributed by atoms with Crippen molar-refractivity contribution in [3.05, 3.63) is 120 Å². The molecule has 1 aromatic heterocycles. The van der Waals surface area contributed by atoms with E-state index in [9.17, 15) is 24.3 Å². The third kappa shape index (κ3) is 9.56. The largest absolute Gasteiger partial charge is 0.507 e. The Hall–Kier alpha value is -7.04. The number of phenolic OH excluding ortho intramolecular Hbond substituents is 1. The summed E-state index contributed by atoms with van der Waals surface area (Å²) in [6, 6.07) is 30.2. The molecule has 5 N–H and O–H groups in total. The Kier molecular flexibility index (Phi) is 13.6. The number of carbonyl (C=O) groups is 4. The molecule has 68 heavy (non-hydrogen) atoms. The van der Waals surface area contributed by atoms with E-state index in [-0.39, 0.29) is 42.9 Å². The molecule has 4 heterocycles. The van der Waals surface area contributed by atoms with Crippen LogP contribution < -0.4 is 31.1 Å². The Labute approximate surface area is 396 Å². The molecule has 0 bridgehead atoms. The van der Waals surface area contributed by atoms with Crippen molar-refractivity contribution in [3.8, 4) is 28.1 Å². The number of para-hydroxylation sites is 1. The Balaban J connectivity index is 0.798. The summed E-state index contributed by atoms with van der Waals surface area (Å²) < 4.78 is 11.7. The standard InChI is InChI=1S/C52H59N9O7/c1-31(2)47(56-51(65)67-30-42-39-13-7-5-11-37(39)38-12-6-8-14-40(38)42)50(64)54-32(3)49(63)55-35-19-17-34(18-20-35)29-68-52(66)61-33(4)45-28-59(36-21-23-53-24-22-36)25-26-60(45)44-27-43(57-58-48(44)61)41-15-9-10-16-46(41)62/h5-20,27,31-33,36,42,45,47,53,62H,21-26,28-30H2,1-4H3,(H,54,64)(H,55,63)(H,56,65)/t32-,33-,45-,47-/m0/s1. The molecule has 0 saturated carbocycles. The first-order valence-electron chi connectivity index (χ1n) is 23.6. The second-order valence-corrected chi connectivity index (χ2v) is 18.5. The van der Waals surface area contributed by atoms with E-state index in [1.54, 1.807) is 68.1 Å². The van der Waals surface area contributed by atoms with Gasteiger partial charge in [0.05, 0.1) is 23.5 Å². The van der Waals surface area contributed by atoms with Crippen LogP contribution in [0.5, 0.6) is 5.75 Å². The van der Waals surface area contributed by atoms with E-state index >= 15 is 0 Å². The fourth-order valence-electron chi connectivity index (χ4n) is 10.1. The molecule has 2 saturated heterocycles. The van der Waals surface area contributed by atoms with Gasteiger partial charge < -0.3 is 40.7 Å². The van der Waals surface area contributed by atoms with Gasteiger partial charge in [-0.15, -0.1) is 10.2 Å². The molecule has 5 aromatic rings. The summed E-state index contributed by atoms with van der Waals surface area (Å²) in [5.74, 6) is -0.903. The number of carbonyl (C=O) groups excluding carboxylic acids is 4. The van der Waals surface area contributed by atoms with Crippen LogP contribution in [0, 0.1) is 5.92 Å². The number of piperidine rings is 1. The Morgan fingerprint density at radius 1 is 0.794 bits per heavy atom. The van der Waals surface area contributed by atoms with Gasteiger partial charge >= 0.3 is 12.2 Å². The number of ether oxygens (including phenoxy) is 2. The molecule has 4 amide bonds. The van der Waals surface area contributed by atoms with Gasteiger partial charge in [-0.1, -0.05) is 86.6 Å². The van der Waals surface area contributed by atoms with E-state index in [4.69, 9.17) is 9.47 Å². The monoisotopic (exact) mass is 921 g/mol. The third-order valence-corrected chi connectivity index (χ3v) is 13.8. The van der Waals surface area contributed by atoms with Crippen LogP contribution in [0.4, 0.5) is 26.8 Å². The van der Waals surface area contributed by atoms with Crippen LogP contribution in [0.2, 0.25) is 0 Å². The van der Waals surface area contributed by atoms with Crippen molar-refractivity contribution in [2.24, 2.45) is 5.92 Å². The molecule has 0 radical (unpaired) electrons. The maximum Gasteiger partial charge on any atom is 0.416 e. The summed E-state index contributed by atoms with van der Waals surface area (Å²) in [7, 11) is 0. The average Bonchev–Trinajstić information content (AvgIpc) is 3.68. The summed E-state index contributed by atoms with van der Waals surface area (Å²) in [6.07, 6.45) is 0.877. The molecule has 0 unspecified atom stereocenters. The molecule has 0 spiro atoms. The van der Waals surface area contributed by atoms with Crippen LogP contribution in [0.3, 0.4) is 0 Å². The van der Waals surface area contributed by atoms with Gasteiger partial charge in [0, 0.05) is 42.8 Å². The molecule has 4 aromatic carbocycles. The summed E-state index contributed by atoms with van der Waals surface area (Å²) in [6.45, 7) is 11.7. The minimum absolute atomic E-state index is 0.0374. The minimum atomic E-state index is -0.951. The summed E-state index contributed by atoms with van der Waals surface area (Å²) >= 11 is 0. The van der Waals surface area contributed by atoms with Crippen molar-refractivity contribution in [1.82, 2.24) is 31.0 Å². The van der Waals surface area contributed by atoms with Gasteiger partial charge in [0.25, 0.3) is 0 Å². The molecule has 16 nitrogen and oxygen atoms in total. The highest BCUT2D eigenvalue weighted by Crippen LogP contribution is 2.45. The van der Waals surface area contributed by atoms with Crippen molar-refractivity contribution < 1.29 is 33.8 Å². The summed E-state index contributed by atoms with van der Waals surface area (Å²) in [5.41, 5.74) is 7.40. The van der Waals surface area contributed by atoms with E-state index in [0.29, 0.717) is 34.4 Å². The number of nitrogens with zero attached hydrogens (tertiary/aromatic N) is 5. The number of hydrogen-bond acceptors (Lipinski definition) is 12. The maximum atomic E-state index is 14.1. The first kappa shape index (κ1) is 46.1. The topological polar surface area (TPSA) is 191 Å². The van der Waals surface area contributed by atoms with Crippen molar-refractivity contribution in [3.63, 3.8) is 0 Å². The molecule has 4 atom stereocenters. The van der Waals surface area contributed by atoms with Gasteiger partial charge in [-0.05, 0) is 104 Å². The Morgan fingerprint density at radius 3 is 2.13 bits per heavy atom. The number of aromatic hydroxyl groups is 1. The van der Waals surface area contributed by atoms with Gasteiger partial charge in [-0.25, -0.2) is 9.59 Å². The number of rotatable bonds is 12. The number of alkyl carbamates (subject to hydrolysis) is 1. The van der Waals surface area contributed by atoms with Crippen LogP contribution in [0.25, 0.3) is 22.4 Å². The number of fused-ring (bicyclic) bond motifs is 6. The quantitative estimate of drug-likeness (QED) is 0.0898. The number of hydrogen-bond donors (Lipinski definition) is 5. The number of phenols is 1. The normalized spacial score (nSPS) is 18.9. The number of piperazine rings is 1. The molecular weight excluding hydrogens is 863 g/mol. The van der Waals surface area contributed by atoms with Crippen LogP contribution in [0.15, 0.2) is 103 Å². The lowest BCUT2D eigenvalue weighted by Crippen LogP contribution is -2.66. The molecule has 354 valence electrons. The maximum absolute atomic E-state index is 14.1. The molecule has 16 heteroatoms. The second-order valence-electron chi connectivity index (χ2n) is 18.5. The highest BCUT2D eigenvalue weighted by Gasteiger charge is 2.45. The average molecular weight is 922 g/mol. The van der Waals surface area contributed by atoms with Gasteiger partial charge in [-0.3, -0.25) is 19.4 Å². The molecule has 9 rings (SSSR count). The van der Waals surface area contributed by atoms with Crippen molar-refractivity contribution >= 4 is 41.2 Å². The number of benzene rings is 4. The SMILES string of the molecule is CC(C)[C@H](NC(=O)OCC1c2ccccc2-c2ccccc21)C(=O)N[C@@H](C)C(=O)Nc1ccc(COC(=O)N2c3nnc(-c4ccccc4O)cc3N3CCN(C4CCNCC4)C[C@H]3[C@@H]2C)cc1. The number of anilines is 3. The predicted octanol–water partition coefficient (Wildman–Crippen LogP) is 6.64. The lowest BCUT2D eigenvalue weighted by molar-refractivity contribution is -0.128. The van der Waals surface area contributed by atoms with Crippen LogP contribution >= 0.6 is 0 Å². The minimum Gasteiger partial charge on any atom is -0.507 e. The van der Waals surface area contributed by atoms with Crippen LogP contribution in [-0.4, -0.2) is 114 Å². The van der Waals surface area contributed by atoms with E-state index in [1.165, 1.54) is 0 Å². The summed E-state index contributed by atoms with van der Waals surface area (Å²) in [5, 5.41) is 31.5. The molecule has 4 aliphatic rings. The molecular formula is C52H59N9O7. The van der Waals surface area contributed by atoms with Crippen molar-refractivity contribution in [1.29, 1.82) is 0 Å². The first-order chi connectivity index (χ1) is 32.9. The van der Waals surface area contributed by atoms with E-state index < -0.39 is 36.1 Å².